The van der Waals surface area contributed by atoms with Crippen molar-refractivity contribution in [2.45, 2.75) is 77.6 Å². The molecular formula is C17H31. The van der Waals surface area contributed by atoms with Gasteiger partial charge >= 0.3 is 0 Å². The molecule has 1 radical (unpaired) electrons. The molecule has 0 saturated heterocycles. The van der Waals surface area contributed by atoms with E-state index >= 15 is 0 Å². The summed E-state index contributed by atoms with van der Waals surface area (Å²) in [6, 6.07) is 0. The summed E-state index contributed by atoms with van der Waals surface area (Å²) in [6.45, 7) is 6.11. The van der Waals surface area contributed by atoms with Gasteiger partial charge in [0.15, 0.2) is 0 Å². The quantitative estimate of drug-likeness (QED) is 0.277. The van der Waals surface area contributed by atoms with Gasteiger partial charge in [0, 0.05) is 0 Å². The standard InChI is InChI=1S/C17H31/c1-3-5-7-9-11-13-15-17-16-14-12-10-8-6-4-2/h12-15H,1,3-11,16-17H2,2H3/b14-12-,15-13-. The van der Waals surface area contributed by atoms with Crippen molar-refractivity contribution in [3.63, 3.8) is 0 Å². The summed E-state index contributed by atoms with van der Waals surface area (Å²) in [6.07, 6.45) is 23.4. The van der Waals surface area contributed by atoms with Crippen molar-refractivity contribution in [3.05, 3.63) is 31.2 Å². The van der Waals surface area contributed by atoms with Crippen molar-refractivity contribution >= 4 is 0 Å². The van der Waals surface area contributed by atoms with E-state index in [1.54, 1.807) is 0 Å². The second-order valence-electron chi connectivity index (χ2n) is 4.72. The molecule has 0 unspecified atom stereocenters. The van der Waals surface area contributed by atoms with E-state index in [4.69, 9.17) is 0 Å². The van der Waals surface area contributed by atoms with Crippen LogP contribution in [-0.4, -0.2) is 0 Å². The van der Waals surface area contributed by atoms with Gasteiger partial charge in [0.1, 0.15) is 0 Å². The van der Waals surface area contributed by atoms with Crippen LogP contribution in [0.25, 0.3) is 0 Å². The fraction of sp³-hybridized carbons (Fsp3) is 0.706. The molecule has 0 fully saturated rings. The first-order chi connectivity index (χ1) is 8.41. The fourth-order valence-electron chi connectivity index (χ4n) is 1.79. The molecule has 17 heavy (non-hydrogen) atoms. The third-order valence-electron chi connectivity index (χ3n) is 2.93. The highest BCUT2D eigenvalue weighted by atomic mass is 13.9. The van der Waals surface area contributed by atoms with E-state index in [2.05, 4.69) is 38.2 Å². The van der Waals surface area contributed by atoms with Crippen molar-refractivity contribution in [1.29, 1.82) is 0 Å². The highest BCUT2D eigenvalue weighted by Crippen LogP contribution is 2.04. The van der Waals surface area contributed by atoms with Crippen molar-refractivity contribution < 1.29 is 0 Å². The van der Waals surface area contributed by atoms with Crippen LogP contribution in [-0.2, 0) is 0 Å². The molecule has 0 saturated carbocycles. The Kier molecular flexibility index (Phi) is 15.0. The summed E-state index contributed by atoms with van der Waals surface area (Å²) in [7, 11) is 0. The Hall–Kier alpha value is -0.520. The first kappa shape index (κ1) is 16.5. The Morgan fingerprint density at radius 2 is 1.18 bits per heavy atom. The van der Waals surface area contributed by atoms with Gasteiger partial charge in [0.05, 0.1) is 0 Å². The second kappa shape index (κ2) is 15.5. The minimum absolute atomic E-state index is 1.09. The zero-order valence-electron chi connectivity index (χ0n) is 11.8. The molecule has 0 bridgehead atoms. The van der Waals surface area contributed by atoms with E-state index in [1.165, 1.54) is 64.2 Å². The van der Waals surface area contributed by atoms with E-state index in [0.29, 0.717) is 0 Å². The molecule has 0 amide bonds. The van der Waals surface area contributed by atoms with Gasteiger partial charge in [-0.3, -0.25) is 0 Å². The molecule has 0 aromatic heterocycles. The van der Waals surface area contributed by atoms with Crippen LogP contribution in [0.15, 0.2) is 24.3 Å². The van der Waals surface area contributed by atoms with Crippen molar-refractivity contribution in [3.8, 4) is 0 Å². The Balaban J connectivity index is 3.13. The van der Waals surface area contributed by atoms with Crippen LogP contribution < -0.4 is 0 Å². The molecule has 0 aliphatic heterocycles. The molecule has 0 heteroatoms. The zero-order valence-corrected chi connectivity index (χ0v) is 11.8. The molecule has 0 nitrogen and oxygen atoms in total. The highest BCUT2D eigenvalue weighted by molar-refractivity contribution is 4.88. The van der Waals surface area contributed by atoms with Gasteiger partial charge < -0.3 is 0 Å². The van der Waals surface area contributed by atoms with Crippen LogP contribution in [0.4, 0.5) is 0 Å². The van der Waals surface area contributed by atoms with Crippen LogP contribution in [0, 0.1) is 6.92 Å². The largest absolute Gasteiger partial charge is 0.0885 e. The number of allylic oxidation sites excluding steroid dienone is 4. The normalized spacial score (nSPS) is 11.9. The third-order valence-corrected chi connectivity index (χ3v) is 2.93. The second-order valence-corrected chi connectivity index (χ2v) is 4.72. The summed E-state index contributed by atoms with van der Waals surface area (Å²) < 4.78 is 0. The Labute approximate surface area is 109 Å². The summed E-state index contributed by atoms with van der Waals surface area (Å²) in [4.78, 5) is 0. The predicted molar refractivity (Wildman–Crippen MR) is 80.1 cm³/mol. The lowest BCUT2D eigenvalue weighted by molar-refractivity contribution is 0.694. The third kappa shape index (κ3) is 15.5. The van der Waals surface area contributed by atoms with Crippen LogP contribution >= 0.6 is 0 Å². The van der Waals surface area contributed by atoms with E-state index in [-0.39, 0.29) is 0 Å². The number of rotatable bonds is 12. The summed E-state index contributed by atoms with van der Waals surface area (Å²) in [5.41, 5.74) is 0. The lowest BCUT2D eigenvalue weighted by atomic mass is 10.1. The van der Waals surface area contributed by atoms with Gasteiger partial charge in [-0.25, -0.2) is 0 Å². The van der Waals surface area contributed by atoms with Gasteiger partial charge in [0.25, 0.3) is 0 Å². The molecule has 0 atom stereocenters. The first-order valence-electron chi connectivity index (χ1n) is 7.51. The first-order valence-corrected chi connectivity index (χ1v) is 7.51. The number of hydrogen-bond donors (Lipinski definition) is 0. The maximum absolute atomic E-state index is 3.85. The molecule has 99 valence electrons. The molecule has 0 aliphatic carbocycles. The predicted octanol–water partition coefficient (Wildman–Crippen LogP) is 6.24. The maximum Gasteiger partial charge on any atom is -0.0316 e. The maximum atomic E-state index is 3.85. The molecule has 0 aliphatic rings. The SMILES string of the molecule is [CH2]CCCCC/C=C\CC/C=C\CCCCC. The Morgan fingerprint density at radius 3 is 1.71 bits per heavy atom. The average Bonchev–Trinajstić information content (AvgIpc) is 2.35. The molecule has 0 N–H and O–H groups in total. The fourth-order valence-corrected chi connectivity index (χ4v) is 1.79. The highest BCUT2D eigenvalue weighted by Gasteiger charge is 1.84. The van der Waals surface area contributed by atoms with Gasteiger partial charge in [0.2, 0.25) is 0 Å². The lowest BCUT2D eigenvalue weighted by Crippen LogP contribution is -1.74. The molecule has 0 rings (SSSR count). The molecule has 0 heterocycles. The van der Waals surface area contributed by atoms with Gasteiger partial charge in [-0.05, 0) is 38.5 Å². The molecular weight excluding hydrogens is 204 g/mol. The number of unbranched alkanes of at least 4 members (excludes halogenated alkanes) is 8. The summed E-state index contributed by atoms with van der Waals surface area (Å²) in [5.74, 6) is 0. The van der Waals surface area contributed by atoms with Gasteiger partial charge in [-0.2, -0.15) is 0 Å². The van der Waals surface area contributed by atoms with Crippen molar-refractivity contribution in [1.82, 2.24) is 0 Å². The molecule has 0 aromatic rings. The number of hydrogen-bond acceptors (Lipinski definition) is 0. The zero-order chi connectivity index (χ0) is 12.6. The van der Waals surface area contributed by atoms with Gasteiger partial charge in [-0.1, -0.05) is 70.3 Å². The van der Waals surface area contributed by atoms with E-state index in [9.17, 15) is 0 Å². The topological polar surface area (TPSA) is 0 Å². The summed E-state index contributed by atoms with van der Waals surface area (Å²) in [5, 5.41) is 0. The van der Waals surface area contributed by atoms with Crippen molar-refractivity contribution in [2.75, 3.05) is 0 Å². The molecule has 0 spiro atoms. The minimum Gasteiger partial charge on any atom is -0.0885 e. The van der Waals surface area contributed by atoms with Crippen molar-refractivity contribution in [2.24, 2.45) is 0 Å². The lowest BCUT2D eigenvalue weighted by Gasteiger charge is -1.94. The monoisotopic (exact) mass is 235 g/mol. The van der Waals surface area contributed by atoms with E-state index in [0.717, 1.165) is 6.42 Å². The van der Waals surface area contributed by atoms with Crippen LogP contribution in [0.3, 0.4) is 0 Å². The minimum atomic E-state index is 1.09. The smallest absolute Gasteiger partial charge is 0.0316 e. The Bertz CT molecular complexity index is 176. The van der Waals surface area contributed by atoms with Crippen LogP contribution in [0.2, 0.25) is 0 Å². The van der Waals surface area contributed by atoms with E-state index in [1.807, 2.05) is 0 Å². The van der Waals surface area contributed by atoms with E-state index < -0.39 is 0 Å². The van der Waals surface area contributed by atoms with Gasteiger partial charge in [-0.15, -0.1) is 0 Å². The van der Waals surface area contributed by atoms with Crippen LogP contribution in [0.1, 0.15) is 77.6 Å². The summed E-state index contributed by atoms with van der Waals surface area (Å²) >= 11 is 0. The molecule has 0 aromatic carbocycles. The Morgan fingerprint density at radius 1 is 0.647 bits per heavy atom. The van der Waals surface area contributed by atoms with Crippen LogP contribution in [0.5, 0.6) is 0 Å². The average molecular weight is 235 g/mol.